The highest BCUT2D eigenvalue weighted by atomic mass is 16.7. The molecule has 18 unspecified atom stereocenters. The van der Waals surface area contributed by atoms with E-state index in [4.69, 9.17) is 37.9 Å². The van der Waals surface area contributed by atoms with E-state index in [2.05, 4.69) is 13.8 Å². The van der Waals surface area contributed by atoms with Gasteiger partial charge in [0, 0.05) is 44.3 Å². The highest BCUT2D eigenvalue weighted by Gasteiger charge is 2.65. The third kappa shape index (κ3) is 8.20. The van der Waals surface area contributed by atoms with Gasteiger partial charge >= 0.3 is 11.9 Å². The van der Waals surface area contributed by atoms with Gasteiger partial charge in [-0.05, 0) is 83.8 Å². The Bertz CT molecular complexity index is 1710. The van der Waals surface area contributed by atoms with Crippen LogP contribution in [-0.2, 0) is 38.0 Å². The SMILES string of the molecule is CCC(O)C1(C)CC(C)C(C2CC(C)C(C3(C)OC(C4(C)CCC5(CC(O)C(C)C(C(C)C(OC(=O)c6c(C)cc(OC)cc6O)C(C)(O)C(=O)O)O5)O4)CC3OC)O2)O1. The van der Waals surface area contributed by atoms with E-state index >= 15 is 0 Å². The van der Waals surface area contributed by atoms with Crippen molar-refractivity contribution in [3.05, 3.63) is 23.3 Å². The molecule has 5 saturated heterocycles. The molecule has 5 heterocycles. The predicted molar refractivity (Wildman–Crippen MR) is 217 cm³/mol. The van der Waals surface area contributed by atoms with Gasteiger partial charge in [0.25, 0.3) is 0 Å². The highest BCUT2D eigenvalue weighted by molar-refractivity contribution is 5.95. The number of hydrogen-bond acceptors (Lipinski definition) is 14. The Morgan fingerprint density at radius 2 is 1.70 bits per heavy atom. The number of aryl methyl sites for hydroxylation is 1. The normalized spacial score (nSPS) is 43.1. The van der Waals surface area contributed by atoms with Gasteiger partial charge in [-0.25, -0.2) is 9.59 Å². The van der Waals surface area contributed by atoms with Crippen molar-refractivity contribution in [2.24, 2.45) is 23.7 Å². The summed E-state index contributed by atoms with van der Waals surface area (Å²) >= 11 is 0. The number of carbonyl (C=O) groups excluding carboxylic acids is 1. The molecule has 5 aliphatic rings. The van der Waals surface area contributed by atoms with Crippen LogP contribution in [0.3, 0.4) is 0 Å². The van der Waals surface area contributed by atoms with Crippen molar-refractivity contribution in [1.29, 1.82) is 0 Å². The molecule has 15 heteroatoms. The molecular formula is C45H70O15. The lowest BCUT2D eigenvalue weighted by molar-refractivity contribution is -0.336. The first kappa shape index (κ1) is 46.9. The fourth-order valence-electron chi connectivity index (χ4n) is 11.4. The summed E-state index contributed by atoms with van der Waals surface area (Å²) in [6.07, 6.45) is -2.00. The van der Waals surface area contributed by atoms with E-state index in [9.17, 15) is 35.1 Å². The summed E-state index contributed by atoms with van der Waals surface area (Å²) in [7, 11) is 3.08. The minimum atomic E-state index is -2.59. The van der Waals surface area contributed by atoms with Gasteiger partial charge in [0.15, 0.2) is 11.4 Å². The number of aliphatic carboxylic acids is 1. The minimum absolute atomic E-state index is 0.113. The standard InChI is InChI=1S/C45H70O15/c1-13-31(48)42(8)20-24(4)35(58-42)30-17-23(3)37(55-30)44(10)33(54-12)19-32(57-44)41(7)14-15-45(60-41)21-29(47)25(5)36(59-45)26(6)38(43(9,52)40(50)51)56-39(49)34-22(2)16-27(53-11)18-28(34)46/h16,18,23-26,29-33,35-38,46-48,52H,13-15,17,19-21H2,1-12H3,(H,50,51). The number of aliphatic hydroxyl groups is 3. The fraction of sp³-hybridized carbons (Fsp3) is 0.822. The number of benzene rings is 1. The number of rotatable bonds is 13. The molecule has 15 nitrogen and oxygen atoms in total. The second-order valence-corrected chi connectivity index (χ2v) is 19.6. The van der Waals surface area contributed by atoms with Crippen molar-refractivity contribution < 1.29 is 73.0 Å². The molecule has 340 valence electrons. The molecule has 0 aliphatic carbocycles. The molecular weight excluding hydrogens is 780 g/mol. The van der Waals surface area contributed by atoms with Crippen molar-refractivity contribution in [1.82, 2.24) is 0 Å². The summed E-state index contributed by atoms with van der Waals surface area (Å²) in [6.45, 7) is 18.2. The number of phenolic OH excluding ortho intramolecular Hbond substituents is 1. The van der Waals surface area contributed by atoms with Crippen LogP contribution in [0.4, 0.5) is 0 Å². The zero-order valence-electron chi connectivity index (χ0n) is 37.4. The monoisotopic (exact) mass is 850 g/mol. The number of carboxylic acid groups (broad SMARTS) is 1. The molecule has 18 atom stereocenters. The van der Waals surface area contributed by atoms with Crippen LogP contribution < -0.4 is 4.74 Å². The van der Waals surface area contributed by atoms with Crippen molar-refractivity contribution in [2.45, 2.75) is 197 Å². The lowest BCUT2D eigenvalue weighted by Gasteiger charge is -2.49. The molecule has 0 radical (unpaired) electrons. The Morgan fingerprint density at radius 3 is 2.30 bits per heavy atom. The van der Waals surface area contributed by atoms with Gasteiger partial charge in [0.2, 0.25) is 0 Å². The van der Waals surface area contributed by atoms with Gasteiger partial charge in [-0.15, -0.1) is 0 Å². The van der Waals surface area contributed by atoms with E-state index in [1.54, 1.807) is 27.9 Å². The molecule has 5 fully saturated rings. The van der Waals surface area contributed by atoms with Crippen LogP contribution in [-0.4, -0.2) is 135 Å². The Hall–Kier alpha value is -2.60. The van der Waals surface area contributed by atoms with E-state index in [1.165, 1.54) is 19.2 Å². The van der Waals surface area contributed by atoms with Crippen LogP contribution >= 0.6 is 0 Å². The largest absolute Gasteiger partial charge is 0.507 e. The van der Waals surface area contributed by atoms with Crippen molar-refractivity contribution in [3.63, 3.8) is 0 Å². The quantitative estimate of drug-likeness (QED) is 0.164. The summed E-state index contributed by atoms with van der Waals surface area (Å²) in [5, 5.41) is 54.7. The zero-order chi connectivity index (χ0) is 44.5. The number of aliphatic hydroxyl groups excluding tert-OH is 2. The molecule has 60 heavy (non-hydrogen) atoms. The summed E-state index contributed by atoms with van der Waals surface area (Å²) in [6, 6.07) is 2.76. The van der Waals surface area contributed by atoms with Crippen LogP contribution in [0.15, 0.2) is 12.1 Å². The first-order valence-corrected chi connectivity index (χ1v) is 21.7. The van der Waals surface area contributed by atoms with Gasteiger partial charge in [0.05, 0.1) is 67.1 Å². The third-order valence-electron chi connectivity index (χ3n) is 15.0. The van der Waals surface area contributed by atoms with E-state index in [-0.39, 0.29) is 48.2 Å². The van der Waals surface area contributed by atoms with Crippen LogP contribution in [0, 0.1) is 30.6 Å². The van der Waals surface area contributed by atoms with Gasteiger partial charge in [-0.1, -0.05) is 34.6 Å². The number of ether oxygens (including phenoxy) is 8. The maximum atomic E-state index is 13.7. The van der Waals surface area contributed by atoms with Crippen LogP contribution in [0.2, 0.25) is 0 Å². The molecule has 6 rings (SSSR count). The number of carboxylic acids is 1. The molecule has 5 N–H and O–H groups in total. The van der Waals surface area contributed by atoms with Gasteiger partial charge in [-0.2, -0.15) is 0 Å². The lowest BCUT2D eigenvalue weighted by atomic mass is 9.77. The maximum Gasteiger partial charge on any atom is 0.342 e. The van der Waals surface area contributed by atoms with Crippen LogP contribution in [0.5, 0.6) is 11.5 Å². The zero-order valence-corrected chi connectivity index (χ0v) is 37.4. The fourth-order valence-corrected chi connectivity index (χ4v) is 11.4. The number of aromatic hydroxyl groups is 1. The number of hydrogen-bond donors (Lipinski definition) is 5. The first-order valence-electron chi connectivity index (χ1n) is 21.7. The predicted octanol–water partition coefficient (Wildman–Crippen LogP) is 5.07. The van der Waals surface area contributed by atoms with Gasteiger partial charge in [-0.3, -0.25) is 0 Å². The Morgan fingerprint density at radius 1 is 1.02 bits per heavy atom. The molecule has 1 aromatic rings. The number of carbonyl (C=O) groups is 2. The first-order chi connectivity index (χ1) is 27.9. The van der Waals surface area contributed by atoms with Crippen LogP contribution in [0.1, 0.15) is 123 Å². The average Bonchev–Trinajstić information content (AvgIpc) is 3.93. The number of esters is 1. The second kappa shape index (κ2) is 16.8. The molecule has 1 spiro atoms. The van der Waals surface area contributed by atoms with Gasteiger partial charge in [0.1, 0.15) is 28.8 Å². The second-order valence-electron chi connectivity index (χ2n) is 19.6. The van der Waals surface area contributed by atoms with Crippen molar-refractivity contribution in [2.75, 3.05) is 14.2 Å². The van der Waals surface area contributed by atoms with E-state index in [0.29, 0.717) is 37.0 Å². The smallest absolute Gasteiger partial charge is 0.342 e. The third-order valence-corrected chi connectivity index (χ3v) is 15.0. The van der Waals surface area contributed by atoms with Crippen molar-refractivity contribution >= 4 is 11.9 Å². The van der Waals surface area contributed by atoms with Crippen LogP contribution in [0.25, 0.3) is 0 Å². The lowest BCUT2D eigenvalue weighted by Crippen LogP contribution is -2.60. The average molecular weight is 851 g/mol. The summed E-state index contributed by atoms with van der Waals surface area (Å²) in [5.41, 5.74) is -4.87. The maximum absolute atomic E-state index is 13.7. The summed E-state index contributed by atoms with van der Waals surface area (Å²) in [5.74, 6) is -5.40. The molecule has 0 amide bonds. The molecule has 0 saturated carbocycles. The number of methoxy groups -OCH3 is 2. The summed E-state index contributed by atoms with van der Waals surface area (Å²) in [4.78, 5) is 26.2. The minimum Gasteiger partial charge on any atom is -0.507 e. The van der Waals surface area contributed by atoms with E-state index < -0.39 is 88.2 Å². The molecule has 0 bridgehead atoms. The van der Waals surface area contributed by atoms with Crippen molar-refractivity contribution in [3.8, 4) is 11.5 Å². The van der Waals surface area contributed by atoms with Gasteiger partial charge < -0.3 is 63.4 Å². The summed E-state index contributed by atoms with van der Waals surface area (Å²) < 4.78 is 51.4. The Balaban J connectivity index is 1.20. The van der Waals surface area contributed by atoms with E-state index in [0.717, 1.165) is 19.8 Å². The highest BCUT2D eigenvalue weighted by Crippen LogP contribution is 2.55. The molecule has 0 aromatic heterocycles. The Labute approximate surface area is 354 Å². The number of phenols is 1. The van der Waals surface area contributed by atoms with E-state index in [1.807, 2.05) is 27.7 Å². The molecule has 5 aliphatic heterocycles. The Kier molecular flexibility index (Phi) is 13.2. The molecule has 1 aromatic carbocycles. The topological polar surface area (TPSA) is 209 Å².